The molecule has 2 amide bonds. The number of hydrogen-bond acceptors (Lipinski definition) is 6. The number of carbonyl (C=O) groups is 3. The Morgan fingerprint density at radius 1 is 1.03 bits per heavy atom. The largest absolute Gasteiger partial charge is 0.497 e. The molecule has 0 unspecified atom stereocenters. The van der Waals surface area contributed by atoms with E-state index in [0.717, 1.165) is 5.92 Å². The third-order valence-corrected chi connectivity index (χ3v) is 6.49. The van der Waals surface area contributed by atoms with Crippen LogP contribution in [0.2, 0.25) is 0 Å². The average Bonchev–Trinajstić information content (AvgIpc) is 3.40. The fourth-order valence-corrected chi connectivity index (χ4v) is 4.84. The van der Waals surface area contributed by atoms with Crippen LogP contribution in [0.4, 0.5) is 0 Å². The van der Waals surface area contributed by atoms with Crippen LogP contribution in [0.15, 0.2) is 18.2 Å². The van der Waals surface area contributed by atoms with Crippen LogP contribution in [0.3, 0.4) is 0 Å². The molecule has 2 aliphatic carbocycles. The molecule has 170 valence electrons. The summed E-state index contributed by atoms with van der Waals surface area (Å²) in [6.45, 7) is 3.22. The molecule has 0 saturated heterocycles. The average molecular weight is 433 g/mol. The van der Waals surface area contributed by atoms with Gasteiger partial charge in [0.1, 0.15) is 18.0 Å². The van der Waals surface area contributed by atoms with Crippen molar-refractivity contribution >= 4 is 17.8 Å². The van der Waals surface area contributed by atoms with Gasteiger partial charge in [0.15, 0.2) is 6.10 Å². The second-order valence-corrected chi connectivity index (χ2v) is 8.55. The van der Waals surface area contributed by atoms with E-state index in [2.05, 4.69) is 10.6 Å². The lowest BCUT2D eigenvalue weighted by Gasteiger charge is -2.29. The summed E-state index contributed by atoms with van der Waals surface area (Å²) >= 11 is 0. The maximum atomic E-state index is 12.4. The van der Waals surface area contributed by atoms with E-state index >= 15 is 0 Å². The van der Waals surface area contributed by atoms with E-state index in [9.17, 15) is 14.4 Å². The number of fused-ring (bicyclic) bond motifs is 2. The number of benzene rings is 1. The minimum Gasteiger partial charge on any atom is -0.497 e. The predicted molar refractivity (Wildman–Crippen MR) is 114 cm³/mol. The lowest BCUT2D eigenvalue weighted by Crippen LogP contribution is -2.45. The molecule has 2 fully saturated rings. The monoisotopic (exact) mass is 432 g/mol. The third-order valence-electron chi connectivity index (χ3n) is 6.49. The summed E-state index contributed by atoms with van der Waals surface area (Å²) in [7, 11) is 2.97. The van der Waals surface area contributed by atoms with Crippen LogP contribution in [0.25, 0.3) is 0 Å². The van der Waals surface area contributed by atoms with E-state index in [1.807, 2.05) is 6.92 Å². The van der Waals surface area contributed by atoms with Gasteiger partial charge in [-0.2, -0.15) is 0 Å². The lowest BCUT2D eigenvalue weighted by molar-refractivity contribution is -0.154. The Labute approximate surface area is 183 Å². The summed E-state index contributed by atoms with van der Waals surface area (Å²) in [4.78, 5) is 36.9. The van der Waals surface area contributed by atoms with Gasteiger partial charge in [0, 0.05) is 17.7 Å². The molecule has 1 aromatic rings. The highest BCUT2D eigenvalue weighted by molar-refractivity contribution is 5.97. The Balaban J connectivity index is 1.44. The highest BCUT2D eigenvalue weighted by atomic mass is 16.5. The zero-order chi connectivity index (χ0) is 22.5. The van der Waals surface area contributed by atoms with E-state index in [4.69, 9.17) is 14.2 Å². The van der Waals surface area contributed by atoms with E-state index in [0.29, 0.717) is 23.3 Å². The number of methoxy groups -OCH3 is 2. The van der Waals surface area contributed by atoms with Gasteiger partial charge in [-0.3, -0.25) is 14.4 Å². The molecule has 3 rings (SSSR count). The van der Waals surface area contributed by atoms with Gasteiger partial charge in [-0.1, -0.05) is 6.42 Å². The molecule has 2 bridgehead atoms. The molecule has 2 N–H and O–H groups in total. The zero-order valence-electron chi connectivity index (χ0n) is 18.6. The Morgan fingerprint density at radius 2 is 1.71 bits per heavy atom. The smallest absolute Gasteiger partial charge is 0.326 e. The van der Waals surface area contributed by atoms with Crippen molar-refractivity contribution in [2.24, 2.45) is 17.8 Å². The third kappa shape index (κ3) is 5.68. The van der Waals surface area contributed by atoms with Crippen LogP contribution in [-0.4, -0.2) is 50.7 Å². The molecule has 2 aliphatic rings. The topological polar surface area (TPSA) is 103 Å². The van der Waals surface area contributed by atoms with Crippen LogP contribution in [0.5, 0.6) is 11.5 Å². The lowest BCUT2D eigenvalue weighted by atomic mass is 9.84. The number of esters is 1. The fourth-order valence-electron chi connectivity index (χ4n) is 4.84. The first kappa shape index (κ1) is 22.9. The molecular formula is C23H32N2O6. The molecule has 0 aliphatic heterocycles. The number of amides is 2. The van der Waals surface area contributed by atoms with Gasteiger partial charge in [-0.15, -0.1) is 0 Å². The molecule has 1 aromatic carbocycles. The minimum atomic E-state index is -0.928. The van der Waals surface area contributed by atoms with Crippen molar-refractivity contribution in [1.82, 2.24) is 10.6 Å². The molecule has 0 aromatic heterocycles. The molecule has 8 nitrogen and oxygen atoms in total. The highest BCUT2D eigenvalue weighted by Gasteiger charge is 2.42. The van der Waals surface area contributed by atoms with E-state index < -0.39 is 18.0 Å². The minimum absolute atomic E-state index is 0.0618. The molecule has 2 saturated carbocycles. The summed E-state index contributed by atoms with van der Waals surface area (Å²) < 4.78 is 15.5. The number of ether oxygens (including phenoxy) is 3. The summed E-state index contributed by atoms with van der Waals surface area (Å²) in [5.41, 5.74) is 0.287. The van der Waals surface area contributed by atoms with Gasteiger partial charge >= 0.3 is 5.97 Å². The van der Waals surface area contributed by atoms with Crippen molar-refractivity contribution < 1.29 is 28.6 Å². The van der Waals surface area contributed by atoms with Gasteiger partial charge in [0.05, 0.1) is 14.2 Å². The summed E-state index contributed by atoms with van der Waals surface area (Å²) in [6.07, 6.45) is 4.07. The van der Waals surface area contributed by atoms with E-state index in [1.165, 1.54) is 59.0 Å². The van der Waals surface area contributed by atoms with Crippen molar-refractivity contribution in [3.63, 3.8) is 0 Å². The van der Waals surface area contributed by atoms with Crippen molar-refractivity contribution in [2.45, 2.75) is 51.7 Å². The van der Waals surface area contributed by atoms with Crippen LogP contribution >= 0.6 is 0 Å². The number of hydrogen-bond donors (Lipinski definition) is 2. The van der Waals surface area contributed by atoms with Crippen LogP contribution in [0.1, 0.15) is 49.9 Å². The normalized spacial score (nSPS) is 23.5. The predicted octanol–water partition coefficient (Wildman–Crippen LogP) is 2.31. The standard InChI is InChI=1S/C23H32N2O6/c1-13(20-8-15-5-6-16(20)7-15)25-22(27)14(2)31-21(26)12-24-23(28)17-9-18(29-3)11-19(10-17)30-4/h9-11,13-16,20H,5-8,12H2,1-4H3,(H,24,28)(H,25,27)/t13-,14-,15+,16+,20+/m1/s1. The Bertz CT molecular complexity index is 804. The summed E-state index contributed by atoms with van der Waals surface area (Å²) in [5.74, 6) is 1.46. The van der Waals surface area contributed by atoms with Crippen LogP contribution < -0.4 is 20.1 Å². The molecule has 8 heteroatoms. The SMILES string of the molecule is COc1cc(OC)cc(C(=O)NCC(=O)O[C@H](C)C(=O)N[C@H](C)[C@@H]2C[C@H]3CC[C@H]2C3)c1. The van der Waals surface area contributed by atoms with E-state index in [-0.39, 0.29) is 24.1 Å². The molecule has 0 heterocycles. The second kappa shape index (κ2) is 10.0. The number of carbonyl (C=O) groups excluding carboxylic acids is 3. The Hall–Kier alpha value is -2.77. The van der Waals surface area contributed by atoms with Crippen molar-refractivity contribution in [1.29, 1.82) is 0 Å². The molecule has 0 spiro atoms. The van der Waals surface area contributed by atoms with Crippen LogP contribution in [0, 0.1) is 17.8 Å². The zero-order valence-corrected chi connectivity index (χ0v) is 18.6. The first-order valence-electron chi connectivity index (χ1n) is 10.8. The molecule has 5 atom stereocenters. The van der Waals surface area contributed by atoms with Gasteiger partial charge in [-0.25, -0.2) is 0 Å². The first-order valence-corrected chi connectivity index (χ1v) is 10.8. The quantitative estimate of drug-likeness (QED) is 0.581. The highest BCUT2D eigenvalue weighted by Crippen LogP contribution is 2.49. The summed E-state index contributed by atoms with van der Waals surface area (Å²) in [5, 5.41) is 5.49. The van der Waals surface area contributed by atoms with Gasteiger partial charge in [-0.05, 0) is 63.0 Å². The first-order chi connectivity index (χ1) is 14.8. The van der Waals surface area contributed by atoms with E-state index in [1.54, 1.807) is 6.07 Å². The van der Waals surface area contributed by atoms with Crippen LogP contribution in [-0.2, 0) is 14.3 Å². The number of nitrogens with one attached hydrogen (secondary N) is 2. The molecule has 31 heavy (non-hydrogen) atoms. The summed E-state index contributed by atoms with van der Waals surface area (Å²) in [6, 6.07) is 4.78. The Kier molecular flexibility index (Phi) is 7.41. The maximum Gasteiger partial charge on any atom is 0.326 e. The Morgan fingerprint density at radius 3 is 2.26 bits per heavy atom. The van der Waals surface area contributed by atoms with Gasteiger partial charge < -0.3 is 24.8 Å². The van der Waals surface area contributed by atoms with Gasteiger partial charge in [0.25, 0.3) is 11.8 Å². The maximum absolute atomic E-state index is 12.4. The van der Waals surface area contributed by atoms with Gasteiger partial charge in [0.2, 0.25) is 0 Å². The second-order valence-electron chi connectivity index (χ2n) is 8.55. The van der Waals surface area contributed by atoms with Crippen molar-refractivity contribution in [2.75, 3.05) is 20.8 Å². The van der Waals surface area contributed by atoms with Crippen molar-refractivity contribution in [3.8, 4) is 11.5 Å². The molecular weight excluding hydrogens is 400 g/mol. The number of rotatable bonds is 9. The van der Waals surface area contributed by atoms with Crippen molar-refractivity contribution in [3.05, 3.63) is 23.8 Å². The molecule has 0 radical (unpaired) electrons. The fraction of sp³-hybridized carbons (Fsp3) is 0.609.